The number of aliphatic hydroxyl groups is 1. The Kier molecular flexibility index (Phi) is 8.60. The molecule has 0 radical (unpaired) electrons. The minimum atomic E-state index is -1.19. The number of carbonyl (C=O) groups is 3. The van der Waals surface area contributed by atoms with Crippen molar-refractivity contribution >= 4 is 55.8 Å². The number of aryl methyl sites for hydroxylation is 1. The van der Waals surface area contributed by atoms with E-state index in [2.05, 4.69) is 27.5 Å². The van der Waals surface area contributed by atoms with Gasteiger partial charge >= 0.3 is 11.9 Å². The minimum Gasteiger partial charge on any atom is -0.507 e. The minimum absolute atomic E-state index is 0.0157. The van der Waals surface area contributed by atoms with Crippen LogP contribution < -0.4 is 14.4 Å². The van der Waals surface area contributed by atoms with Gasteiger partial charge in [0.15, 0.2) is 16.6 Å². The number of Topliss-reactive ketones (excluding diaryl/α,β-unsaturated/α-hetero) is 1. The maximum Gasteiger partial charge on any atom is 0.350 e. The SMILES string of the molecule is C=CCOC(=O)c1sc(N2C(=O)C(=O)/C(=C(/O)c3cccc(OCC)c3)C2c2cc(Br)c(O)c(OC)c2)nc1C. The fraction of sp³-hybridized carbons (Fsp3) is 0.214. The van der Waals surface area contributed by atoms with E-state index < -0.39 is 29.5 Å². The first kappa shape index (κ1) is 28.8. The van der Waals surface area contributed by atoms with E-state index in [1.165, 1.54) is 25.3 Å². The molecule has 1 fully saturated rings. The Labute approximate surface area is 242 Å². The van der Waals surface area contributed by atoms with Crippen molar-refractivity contribution in [3.05, 3.63) is 80.8 Å². The van der Waals surface area contributed by atoms with Crippen molar-refractivity contribution < 1.29 is 38.8 Å². The molecule has 1 aromatic heterocycles. The first-order chi connectivity index (χ1) is 19.1. The van der Waals surface area contributed by atoms with E-state index in [9.17, 15) is 24.6 Å². The summed E-state index contributed by atoms with van der Waals surface area (Å²) in [6, 6.07) is 8.25. The Bertz CT molecular complexity index is 1550. The van der Waals surface area contributed by atoms with E-state index in [-0.39, 0.29) is 43.7 Å². The van der Waals surface area contributed by atoms with Gasteiger partial charge < -0.3 is 24.4 Å². The number of hydrogen-bond acceptors (Lipinski definition) is 10. The summed E-state index contributed by atoms with van der Waals surface area (Å²) in [6.45, 7) is 7.28. The van der Waals surface area contributed by atoms with E-state index >= 15 is 0 Å². The molecule has 2 aromatic carbocycles. The van der Waals surface area contributed by atoms with Crippen LogP contribution in [0.2, 0.25) is 0 Å². The van der Waals surface area contributed by atoms with E-state index in [1.807, 2.05) is 6.92 Å². The smallest absolute Gasteiger partial charge is 0.350 e. The highest BCUT2D eigenvalue weighted by Crippen LogP contribution is 2.47. The first-order valence-electron chi connectivity index (χ1n) is 12.0. The second-order valence-corrected chi connectivity index (χ2v) is 10.3. The van der Waals surface area contributed by atoms with E-state index in [0.717, 1.165) is 16.2 Å². The predicted octanol–water partition coefficient (Wildman–Crippen LogP) is 5.30. The number of benzene rings is 2. The van der Waals surface area contributed by atoms with Crippen molar-refractivity contribution in [3.8, 4) is 17.2 Å². The highest BCUT2D eigenvalue weighted by atomic mass is 79.9. The number of aromatic hydroxyl groups is 1. The number of phenols is 1. The van der Waals surface area contributed by atoms with Crippen molar-refractivity contribution in [2.24, 2.45) is 0 Å². The lowest BCUT2D eigenvalue weighted by atomic mass is 9.95. The van der Waals surface area contributed by atoms with Crippen LogP contribution in [-0.2, 0) is 14.3 Å². The van der Waals surface area contributed by atoms with Crippen LogP contribution in [0.4, 0.5) is 5.13 Å². The monoisotopic (exact) mass is 628 g/mol. The molecule has 0 spiro atoms. The zero-order valence-electron chi connectivity index (χ0n) is 21.8. The maximum atomic E-state index is 13.5. The highest BCUT2D eigenvalue weighted by Gasteiger charge is 2.49. The maximum absolute atomic E-state index is 13.5. The van der Waals surface area contributed by atoms with Gasteiger partial charge in [0.2, 0.25) is 0 Å². The summed E-state index contributed by atoms with van der Waals surface area (Å²) < 4.78 is 16.2. The van der Waals surface area contributed by atoms with Crippen LogP contribution in [0.5, 0.6) is 17.2 Å². The third-order valence-electron chi connectivity index (χ3n) is 5.96. The molecule has 2 heterocycles. The van der Waals surface area contributed by atoms with Gasteiger partial charge in [-0.05, 0) is 59.6 Å². The number of anilines is 1. The normalized spacial score (nSPS) is 16.2. The Balaban J connectivity index is 1.95. The molecular formula is C28H25BrN2O8S. The Morgan fingerprint density at radius 3 is 2.70 bits per heavy atom. The van der Waals surface area contributed by atoms with Crippen LogP contribution >= 0.6 is 27.3 Å². The molecule has 1 amide bonds. The molecule has 1 aliphatic heterocycles. The van der Waals surface area contributed by atoms with Crippen LogP contribution in [0.1, 0.15) is 39.5 Å². The lowest BCUT2D eigenvalue weighted by Gasteiger charge is -2.24. The van der Waals surface area contributed by atoms with Gasteiger partial charge in [-0.15, -0.1) is 0 Å². The fourth-order valence-electron chi connectivity index (χ4n) is 4.18. The third kappa shape index (κ3) is 5.32. The molecule has 1 aliphatic rings. The van der Waals surface area contributed by atoms with Gasteiger partial charge in [0.05, 0.1) is 35.5 Å². The van der Waals surface area contributed by atoms with Gasteiger partial charge in [-0.3, -0.25) is 14.5 Å². The summed E-state index contributed by atoms with van der Waals surface area (Å²) in [7, 11) is 1.35. The number of amides is 1. The average molecular weight is 629 g/mol. The highest BCUT2D eigenvalue weighted by molar-refractivity contribution is 9.10. The largest absolute Gasteiger partial charge is 0.507 e. The number of ketones is 1. The summed E-state index contributed by atoms with van der Waals surface area (Å²) in [5.41, 5.74) is 0.653. The van der Waals surface area contributed by atoms with Gasteiger partial charge in [0.1, 0.15) is 23.0 Å². The number of halogens is 1. The van der Waals surface area contributed by atoms with Crippen molar-refractivity contribution in [2.45, 2.75) is 19.9 Å². The number of aromatic nitrogens is 1. The van der Waals surface area contributed by atoms with Gasteiger partial charge in [-0.2, -0.15) is 0 Å². The molecule has 1 unspecified atom stereocenters. The number of nitrogens with zero attached hydrogens (tertiary/aromatic N) is 2. The summed E-state index contributed by atoms with van der Waals surface area (Å²) >= 11 is 4.15. The molecule has 4 rings (SSSR count). The second-order valence-electron chi connectivity index (χ2n) is 8.48. The zero-order chi connectivity index (χ0) is 29.1. The zero-order valence-corrected chi connectivity index (χ0v) is 24.2. The molecular weight excluding hydrogens is 604 g/mol. The number of carbonyl (C=O) groups excluding carboxylic acids is 3. The number of methoxy groups -OCH3 is 1. The van der Waals surface area contributed by atoms with Crippen LogP contribution in [0.3, 0.4) is 0 Å². The number of thiazole rings is 1. The number of aliphatic hydroxyl groups excluding tert-OH is 1. The van der Waals surface area contributed by atoms with Gasteiger partial charge in [-0.1, -0.05) is 36.1 Å². The molecule has 2 N–H and O–H groups in total. The van der Waals surface area contributed by atoms with Gasteiger partial charge in [0.25, 0.3) is 5.78 Å². The molecule has 0 saturated carbocycles. The number of esters is 1. The number of hydrogen-bond donors (Lipinski definition) is 2. The third-order valence-corrected chi connectivity index (χ3v) is 7.70. The summed E-state index contributed by atoms with van der Waals surface area (Å²) in [6.07, 6.45) is 1.42. The predicted molar refractivity (Wildman–Crippen MR) is 152 cm³/mol. The lowest BCUT2D eigenvalue weighted by Crippen LogP contribution is -2.29. The van der Waals surface area contributed by atoms with Crippen LogP contribution in [-0.4, -0.2) is 53.2 Å². The number of ether oxygens (including phenoxy) is 3. The van der Waals surface area contributed by atoms with Crippen molar-refractivity contribution in [2.75, 3.05) is 25.2 Å². The van der Waals surface area contributed by atoms with E-state index in [1.54, 1.807) is 31.2 Å². The molecule has 0 aliphatic carbocycles. The standard InChI is InChI=1S/C28H25BrN2O8S/c1-5-10-39-27(36)25-14(3)30-28(40-25)31-21(16-12-18(29)23(33)19(13-16)37-4)20(24(34)26(31)35)22(32)15-8-7-9-17(11-15)38-6-2/h5,7-9,11-13,21,32-33H,1,6,10H2,2-4H3/b22-20+. The summed E-state index contributed by atoms with van der Waals surface area (Å²) in [5, 5.41) is 21.9. The van der Waals surface area contributed by atoms with Crippen molar-refractivity contribution in [1.82, 2.24) is 4.98 Å². The number of phenolic OH excluding ortho intramolecular Hbond substituents is 1. The molecule has 12 heteroatoms. The van der Waals surface area contributed by atoms with Crippen LogP contribution in [0, 0.1) is 6.92 Å². The average Bonchev–Trinajstić information content (AvgIpc) is 3.45. The molecule has 10 nitrogen and oxygen atoms in total. The quantitative estimate of drug-likeness (QED) is 0.106. The number of rotatable bonds is 9. The Morgan fingerprint density at radius 2 is 2.02 bits per heavy atom. The van der Waals surface area contributed by atoms with E-state index in [0.29, 0.717) is 23.6 Å². The Hall–Kier alpha value is -4.16. The van der Waals surface area contributed by atoms with Crippen molar-refractivity contribution in [3.63, 3.8) is 0 Å². The molecule has 3 aromatic rings. The molecule has 40 heavy (non-hydrogen) atoms. The van der Waals surface area contributed by atoms with Gasteiger partial charge in [-0.25, -0.2) is 9.78 Å². The molecule has 208 valence electrons. The fourth-order valence-corrected chi connectivity index (χ4v) is 5.63. The van der Waals surface area contributed by atoms with E-state index in [4.69, 9.17) is 14.2 Å². The summed E-state index contributed by atoms with van der Waals surface area (Å²) in [4.78, 5) is 45.3. The first-order valence-corrected chi connectivity index (χ1v) is 13.6. The lowest BCUT2D eigenvalue weighted by molar-refractivity contribution is -0.132. The Morgan fingerprint density at radius 1 is 1.27 bits per heavy atom. The van der Waals surface area contributed by atoms with Crippen molar-refractivity contribution in [1.29, 1.82) is 0 Å². The second kappa shape index (κ2) is 11.9. The summed E-state index contributed by atoms with van der Waals surface area (Å²) in [5.74, 6) is -2.68. The topological polar surface area (TPSA) is 135 Å². The molecule has 1 saturated heterocycles. The molecule has 0 bridgehead atoms. The molecule has 1 atom stereocenters. The van der Waals surface area contributed by atoms with Gasteiger partial charge in [0, 0.05) is 5.56 Å². The van der Waals surface area contributed by atoms with Crippen LogP contribution in [0.25, 0.3) is 5.76 Å². The van der Waals surface area contributed by atoms with Crippen LogP contribution in [0.15, 0.2) is 59.1 Å².